The summed E-state index contributed by atoms with van der Waals surface area (Å²) < 4.78 is 12.6. The number of nitrogens with one attached hydrogen (secondary N) is 1. The molecule has 1 aromatic carbocycles. The zero-order valence-electron chi connectivity index (χ0n) is 17.3. The lowest BCUT2D eigenvalue weighted by Gasteiger charge is -2.11. The summed E-state index contributed by atoms with van der Waals surface area (Å²) in [5.41, 5.74) is 4.34. The standard InChI is InChI=1S/C23H18N6O3/c1-14-20(21(28-32-14)15-6-4-3-5-7-15)22(30)25-18-10-9-17(26-23(18)31-2)16-8-11-19-27-24-13-29(19)12-16/h3-13H,1-2H3,(H,25,30). The average Bonchev–Trinajstić information content (AvgIpc) is 3.45. The molecule has 4 heterocycles. The molecule has 5 aromatic rings. The van der Waals surface area contributed by atoms with E-state index in [0.717, 1.165) is 16.8 Å². The molecular formula is C23H18N6O3. The van der Waals surface area contributed by atoms with Crippen molar-refractivity contribution in [2.24, 2.45) is 0 Å². The van der Waals surface area contributed by atoms with Crippen LogP contribution in [0.15, 0.2) is 71.6 Å². The highest BCUT2D eigenvalue weighted by Crippen LogP contribution is 2.30. The maximum absolute atomic E-state index is 13.1. The molecule has 0 aliphatic heterocycles. The molecular weight excluding hydrogens is 408 g/mol. The molecule has 5 rings (SSSR count). The van der Waals surface area contributed by atoms with Crippen LogP contribution < -0.4 is 10.1 Å². The van der Waals surface area contributed by atoms with Crippen molar-refractivity contribution in [3.05, 3.63) is 78.4 Å². The molecule has 0 radical (unpaired) electrons. The fraction of sp³-hybridized carbons (Fsp3) is 0.0870. The van der Waals surface area contributed by atoms with Crippen molar-refractivity contribution in [1.82, 2.24) is 24.7 Å². The van der Waals surface area contributed by atoms with Crippen molar-refractivity contribution in [1.29, 1.82) is 0 Å². The van der Waals surface area contributed by atoms with Crippen LogP contribution in [0.5, 0.6) is 5.88 Å². The van der Waals surface area contributed by atoms with E-state index in [1.807, 2.05) is 54.7 Å². The molecule has 0 spiro atoms. The fourth-order valence-corrected chi connectivity index (χ4v) is 3.45. The topological polar surface area (TPSA) is 107 Å². The first-order chi connectivity index (χ1) is 15.6. The van der Waals surface area contributed by atoms with Gasteiger partial charge < -0.3 is 14.6 Å². The highest BCUT2D eigenvalue weighted by Gasteiger charge is 2.23. The number of pyridine rings is 2. The van der Waals surface area contributed by atoms with Crippen LogP contribution in [0.3, 0.4) is 0 Å². The van der Waals surface area contributed by atoms with Crippen LogP contribution in [-0.4, -0.2) is 37.8 Å². The van der Waals surface area contributed by atoms with E-state index >= 15 is 0 Å². The molecule has 0 fully saturated rings. The average molecular weight is 426 g/mol. The second-order valence-electron chi connectivity index (χ2n) is 7.05. The Hall–Kier alpha value is -4.53. The number of carbonyl (C=O) groups is 1. The second kappa shape index (κ2) is 7.95. The molecule has 1 N–H and O–H groups in total. The van der Waals surface area contributed by atoms with Gasteiger partial charge in [-0.3, -0.25) is 9.20 Å². The Balaban J connectivity index is 1.46. The predicted molar refractivity (Wildman–Crippen MR) is 117 cm³/mol. The smallest absolute Gasteiger partial charge is 0.261 e. The molecule has 0 atom stereocenters. The summed E-state index contributed by atoms with van der Waals surface area (Å²) in [6, 6.07) is 16.7. The van der Waals surface area contributed by atoms with Gasteiger partial charge in [-0.25, -0.2) is 4.98 Å². The Morgan fingerprint density at radius 1 is 1.06 bits per heavy atom. The van der Waals surface area contributed by atoms with E-state index in [-0.39, 0.29) is 11.8 Å². The minimum atomic E-state index is -0.360. The van der Waals surface area contributed by atoms with E-state index in [2.05, 4.69) is 25.7 Å². The first-order valence-electron chi connectivity index (χ1n) is 9.82. The maximum atomic E-state index is 13.1. The third kappa shape index (κ3) is 3.45. The second-order valence-corrected chi connectivity index (χ2v) is 7.05. The molecule has 0 aliphatic carbocycles. The number of nitrogens with zero attached hydrogens (tertiary/aromatic N) is 5. The number of ether oxygens (including phenoxy) is 1. The first-order valence-corrected chi connectivity index (χ1v) is 9.82. The SMILES string of the molecule is COc1nc(-c2ccc3nncn3c2)ccc1NC(=O)c1c(-c2ccccc2)noc1C. The number of hydrogen-bond acceptors (Lipinski definition) is 7. The van der Waals surface area contributed by atoms with Crippen LogP contribution in [0.4, 0.5) is 5.69 Å². The molecule has 9 heteroatoms. The highest BCUT2D eigenvalue weighted by molar-refractivity contribution is 6.09. The van der Waals surface area contributed by atoms with Crippen LogP contribution in [0.25, 0.3) is 28.2 Å². The van der Waals surface area contributed by atoms with Crippen LogP contribution >= 0.6 is 0 Å². The van der Waals surface area contributed by atoms with E-state index < -0.39 is 0 Å². The van der Waals surface area contributed by atoms with E-state index in [9.17, 15) is 4.79 Å². The summed E-state index contributed by atoms with van der Waals surface area (Å²) in [6.45, 7) is 1.70. The van der Waals surface area contributed by atoms with Gasteiger partial charge >= 0.3 is 0 Å². The molecule has 0 saturated heterocycles. The molecule has 0 saturated carbocycles. The van der Waals surface area contributed by atoms with Gasteiger partial charge in [0.1, 0.15) is 29.0 Å². The maximum Gasteiger partial charge on any atom is 0.261 e. The molecule has 0 unspecified atom stereocenters. The molecule has 0 bridgehead atoms. The number of methoxy groups -OCH3 is 1. The number of fused-ring (bicyclic) bond motifs is 1. The van der Waals surface area contributed by atoms with Crippen LogP contribution in [0, 0.1) is 6.92 Å². The minimum absolute atomic E-state index is 0.287. The summed E-state index contributed by atoms with van der Waals surface area (Å²) in [6.07, 6.45) is 3.50. The quantitative estimate of drug-likeness (QED) is 0.452. The van der Waals surface area contributed by atoms with Crippen molar-refractivity contribution < 1.29 is 14.1 Å². The third-order valence-corrected chi connectivity index (χ3v) is 5.03. The van der Waals surface area contributed by atoms with Crippen LogP contribution in [0.1, 0.15) is 16.1 Å². The summed E-state index contributed by atoms with van der Waals surface area (Å²) in [7, 11) is 1.50. The number of benzene rings is 1. The van der Waals surface area contributed by atoms with Crippen LogP contribution in [0.2, 0.25) is 0 Å². The summed E-state index contributed by atoms with van der Waals surface area (Å²) in [5, 5.41) is 14.8. The van der Waals surface area contributed by atoms with Crippen molar-refractivity contribution in [2.45, 2.75) is 6.92 Å². The van der Waals surface area contributed by atoms with E-state index in [1.54, 1.807) is 23.7 Å². The summed E-state index contributed by atoms with van der Waals surface area (Å²) in [5.74, 6) is 0.351. The number of carbonyl (C=O) groups excluding carboxylic acids is 1. The van der Waals surface area contributed by atoms with Gasteiger partial charge in [0.15, 0.2) is 5.65 Å². The Kier molecular flexibility index (Phi) is 4.83. The Bertz CT molecular complexity index is 1420. The number of anilines is 1. The molecule has 158 valence electrons. The van der Waals surface area contributed by atoms with Gasteiger partial charge in [-0.15, -0.1) is 10.2 Å². The Morgan fingerprint density at radius 3 is 2.72 bits per heavy atom. The van der Waals surface area contributed by atoms with Crippen LogP contribution in [-0.2, 0) is 0 Å². The van der Waals surface area contributed by atoms with E-state index in [0.29, 0.717) is 28.4 Å². The van der Waals surface area contributed by atoms with E-state index in [1.165, 1.54) is 7.11 Å². The van der Waals surface area contributed by atoms with Gasteiger partial charge in [-0.1, -0.05) is 35.5 Å². The number of aromatic nitrogens is 5. The van der Waals surface area contributed by atoms with E-state index in [4.69, 9.17) is 9.26 Å². The van der Waals surface area contributed by atoms with Crippen molar-refractivity contribution in [3.63, 3.8) is 0 Å². The summed E-state index contributed by atoms with van der Waals surface area (Å²) in [4.78, 5) is 17.7. The predicted octanol–water partition coefficient (Wildman–Crippen LogP) is 4.02. The Labute approximate surface area is 182 Å². The molecule has 0 aliphatic rings. The lowest BCUT2D eigenvalue weighted by Crippen LogP contribution is -2.14. The summed E-state index contributed by atoms with van der Waals surface area (Å²) >= 11 is 0. The van der Waals surface area contributed by atoms with Gasteiger partial charge in [0.2, 0.25) is 5.88 Å². The van der Waals surface area contributed by atoms with Gasteiger partial charge in [0.25, 0.3) is 5.91 Å². The van der Waals surface area contributed by atoms with Gasteiger partial charge in [-0.2, -0.15) is 0 Å². The number of aryl methyl sites for hydroxylation is 1. The third-order valence-electron chi connectivity index (χ3n) is 5.03. The number of hydrogen-bond donors (Lipinski definition) is 1. The van der Waals surface area contributed by atoms with Crippen molar-refractivity contribution in [3.8, 4) is 28.4 Å². The number of rotatable bonds is 5. The first kappa shape index (κ1) is 19.4. The zero-order valence-corrected chi connectivity index (χ0v) is 17.3. The monoisotopic (exact) mass is 426 g/mol. The molecule has 9 nitrogen and oxygen atoms in total. The van der Waals surface area contributed by atoms with Crippen molar-refractivity contribution >= 4 is 17.2 Å². The molecule has 4 aromatic heterocycles. The molecule has 32 heavy (non-hydrogen) atoms. The van der Waals surface area contributed by atoms with Crippen molar-refractivity contribution in [2.75, 3.05) is 12.4 Å². The zero-order chi connectivity index (χ0) is 22.1. The highest BCUT2D eigenvalue weighted by atomic mass is 16.5. The minimum Gasteiger partial charge on any atom is -0.479 e. The fourth-order valence-electron chi connectivity index (χ4n) is 3.45. The van der Waals surface area contributed by atoms with Gasteiger partial charge in [-0.05, 0) is 31.2 Å². The van der Waals surface area contributed by atoms with Gasteiger partial charge in [0.05, 0.1) is 12.8 Å². The largest absolute Gasteiger partial charge is 0.479 e. The molecule has 1 amide bonds. The number of amides is 1. The normalized spacial score (nSPS) is 10.9. The lowest BCUT2D eigenvalue weighted by atomic mass is 10.1. The van der Waals surface area contributed by atoms with Gasteiger partial charge in [0, 0.05) is 17.3 Å². The lowest BCUT2D eigenvalue weighted by molar-refractivity contribution is 0.102. The Morgan fingerprint density at radius 2 is 1.91 bits per heavy atom.